The van der Waals surface area contributed by atoms with Gasteiger partial charge in [-0.25, -0.2) is 14.1 Å². The summed E-state index contributed by atoms with van der Waals surface area (Å²) in [4.78, 5) is 17.1. The van der Waals surface area contributed by atoms with E-state index in [0.717, 1.165) is 47.5 Å². The first-order chi connectivity index (χ1) is 14.7. The minimum Gasteiger partial charge on any atom is -0.333 e. The van der Waals surface area contributed by atoms with E-state index in [9.17, 15) is 9.18 Å². The highest BCUT2D eigenvalue weighted by Crippen LogP contribution is 2.28. The molecule has 1 aliphatic rings. The highest BCUT2D eigenvalue weighted by atomic mass is 19.1. The van der Waals surface area contributed by atoms with Gasteiger partial charge >= 0.3 is 0 Å². The highest BCUT2D eigenvalue weighted by Gasteiger charge is 2.27. The van der Waals surface area contributed by atoms with Crippen LogP contribution >= 0.6 is 0 Å². The Morgan fingerprint density at radius 3 is 2.80 bits per heavy atom. The molecule has 0 unspecified atom stereocenters. The molecular weight excluding hydrogens is 381 g/mol. The molecule has 150 valence electrons. The van der Waals surface area contributed by atoms with E-state index < -0.39 is 0 Å². The van der Waals surface area contributed by atoms with E-state index in [1.165, 1.54) is 12.1 Å². The molecule has 1 N–H and O–H groups in total. The molecule has 0 fully saturated rings. The van der Waals surface area contributed by atoms with Crippen LogP contribution in [-0.2, 0) is 19.4 Å². The van der Waals surface area contributed by atoms with E-state index in [0.29, 0.717) is 12.2 Å². The third-order valence-electron chi connectivity index (χ3n) is 5.33. The van der Waals surface area contributed by atoms with Gasteiger partial charge in [0.15, 0.2) is 5.69 Å². The maximum Gasteiger partial charge on any atom is 0.276 e. The Labute approximate surface area is 173 Å². The van der Waals surface area contributed by atoms with Gasteiger partial charge in [0.25, 0.3) is 5.91 Å². The van der Waals surface area contributed by atoms with Crippen LogP contribution in [0.1, 0.15) is 33.7 Å². The molecule has 0 spiro atoms. The zero-order valence-electron chi connectivity index (χ0n) is 16.3. The summed E-state index contributed by atoms with van der Waals surface area (Å²) in [7, 11) is 0. The molecule has 2 aromatic carbocycles. The van der Waals surface area contributed by atoms with Gasteiger partial charge < -0.3 is 9.88 Å². The number of nitrogens with zero attached hydrogens (tertiary/aromatic N) is 4. The average Bonchev–Trinajstić information content (AvgIpc) is 3.47. The van der Waals surface area contributed by atoms with E-state index in [2.05, 4.69) is 15.4 Å². The first kappa shape index (κ1) is 18.3. The summed E-state index contributed by atoms with van der Waals surface area (Å²) in [6.45, 7) is 0.679. The van der Waals surface area contributed by atoms with Crippen LogP contribution in [0.4, 0.5) is 10.1 Å². The minimum atomic E-state index is -0.295. The van der Waals surface area contributed by atoms with E-state index in [-0.39, 0.29) is 11.7 Å². The first-order valence-corrected chi connectivity index (χ1v) is 9.90. The van der Waals surface area contributed by atoms with Crippen molar-refractivity contribution in [3.63, 3.8) is 0 Å². The SMILES string of the molecule is O=C(Nc1cccc(Cn2ccnc2)c1)c1nn(-c2ccc(F)cc2)c2c1CCC2. The molecule has 2 aromatic heterocycles. The molecule has 1 amide bonds. The standard InChI is InChI=1S/C23H20FN5O/c24-17-7-9-19(10-8-17)29-21-6-2-5-20(21)22(27-29)23(30)26-18-4-1-3-16(13-18)14-28-12-11-25-15-28/h1,3-4,7-13,15H,2,5-6,14H2,(H,26,30). The van der Waals surface area contributed by atoms with Crippen LogP contribution in [0.2, 0.25) is 0 Å². The first-order valence-electron chi connectivity index (χ1n) is 9.90. The number of imidazole rings is 1. The monoisotopic (exact) mass is 401 g/mol. The fourth-order valence-corrected chi connectivity index (χ4v) is 3.94. The summed E-state index contributed by atoms with van der Waals surface area (Å²) in [5, 5.41) is 7.56. The number of carbonyl (C=O) groups excluding carboxylic acids is 1. The van der Waals surface area contributed by atoms with Gasteiger partial charge in [0.1, 0.15) is 5.82 Å². The fourth-order valence-electron chi connectivity index (χ4n) is 3.94. The molecule has 5 rings (SSSR count). The number of halogens is 1. The van der Waals surface area contributed by atoms with Gasteiger partial charge in [-0.2, -0.15) is 5.10 Å². The smallest absolute Gasteiger partial charge is 0.276 e. The number of hydrogen-bond donors (Lipinski definition) is 1. The van der Waals surface area contributed by atoms with Crippen LogP contribution in [0.15, 0.2) is 67.3 Å². The van der Waals surface area contributed by atoms with E-state index >= 15 is 0 Å². The third-order valence-corrected chi connectivity index (χ3v) is 5.33. The Kier molecular flexibility index (Phi) is 4.63. The summed E-state index contributed by atoms with van der Waals surface area (Å²) < 4.78 is 17.0. The molecule has 0 aliphatic heterocycles. The average molecular weight is 401 g/mol. The predicted molar refractivity (Wildman–Crippen MR) is 111 cm³/mol. The number of hydrogen-bond acceptors (Lipinski definition) is 3. The van der Waals surface area contributed by atoms with Gasteiger partial charge in [0.2, 0.25) is 0 Å². The van der Waals surface area contributed by atoms with Crippen molar-refractivity contribution in [2.45, 2.75) is 25.8 Å². The zero-order valence-corrected chi connectivity index (χ0v) is 16.3. The second-order valence-corrected chi connectivity index (χ2v) is 7.41. The topological polar surface area (TPSA) is 64.7 Å². The predicted octanol–water partition coefficient (Wildman–Crippen LogP) is 4.00. The van der Waals surface area contributed by atoms with Crippen molar-refractivity contribution in [3.8, 4) is 5.69 Å². The van der Waals surface area contributed by atoms with Crippen LogP contribution in [0.3, 0.4) is 0 Å². The molecule has 4 aromatic rings. The van der Waals surface area contributed by atoms with Crippen LogP contribution in [0.5, 0.6) is 0 Å². The number of fused-ring (bicyclic) bond motifs is 1. The summed E-state index contributed by atoms with van der Waals surface area (Å²) in [5.41, 5.74) is 4.99. The summed E-state index contributed by atoms with van der Waals surface area (Å²) in [5.74, 6) is -0.523. The van der Waals surface area contributed by atoms with Crippen molar-refractivity contribution in [3.05, 3.63) is 95.6 Å². The second-order valence-electron chi connectivity index (χ2n) is 7.41. The molecule has 0 bridgehead atoms. The molecule has 6 nitrogen and oxygen atoms in total. The van der Waals surface area contributed by atoms with Crippen molar-refractivity contribution in [1.82, 2.24) is 19.3 Å². The Hall–Kier alpha value is -3.74. The van der Waals surface area contributed by atoms with Gasteiger partial charge in [0, 0.05) is 35.9 Å². The molecule has 0 atom stereocenters. The molecule has 7 heteroatoms. The number of anilines is 1. The lowest BCUT2D eigenvalue weighted by atomic mass is 10.1. The van der Waals surface area contributed by atoms with Crippen molar-refractivity contribution < 1.29 is 9.18 Å². The van der Waals surface area contributed by atoms with Crippen molar-refractivity contribution in [2.24, 2.45) is 0 Å². The minimum absolute atomic E-state index is 0.228. The fraction of sp³-hybridized carbons (Fsp3) is 0.174. The second kappa shape index (κ2) is 7.59. The lowest BCUT2D eigenvalue weighted by molar-refractivity contribution is 0.102. The Morgan fingerprint density at radius 1 is 1.13 bits per heavy atom. The van der Waals surface area contributed by atoms with Crippen LogP contribution < -0.4 is 5.32 Å². The van der Waals surface area contributed by atoms with Crippen LogP contribution in [0.25, 0.3) is 5.69 Å². The number of nitrogens with one attached hydrogen (secondary N) is 1. The van der Waals surface area contributed by atoms with E-state index in [1.54, 1.807) is 29.3 Å². The quantitative estimate of drug-likeness (QED) is 0.550. The number of rotatable bonds is 5. The normalized spacial score (nSPS) is 12.7. The number of benzene rings is 2. The maximum absolute atomic E-state index is 13.3. The lowest BCUT2D eigenvalue weighted by Gasteiger charge is -2.08. The van der Waals surface area contributed by atoms with Crippen molar-refractivity contribution >= 4 is 11.6 Å². The summed E-state index contributed by atoms with van der Waals surface area (Å²) >= 11 is 0. The van der Waals surface area contributed by atoms with Crippen LogP contribution in [-0.4, -0.2) is 25.2 Å². The van der Waals surface area contributed by atoms with Gasteiger partial charge in [0.05, 0.1) is 12.0 Å². The lowest BCUT2D eigenvalue weighted by Crippen LogP contribution is -2.15. The number of amides is 1. The van der Waals surface area contributed by atoms with Crippen molar-refractivity contribution in [1.29, 1.82) is 0 Å². The number of carbonyl (C=O) groups is 1. The van der Waals surface area contributed by atoms with Gasteiger partial charge in [-0.05, 0) is 61.2 Å². The molecule has 1 aliphatic carbocycles. The zero-order chi connectivity index (χ0) is 20.5. The molecular formula is C23H20FN5O. The summed E-state index contributed by atoms with van der Waals surface area (Å²) in [6, 6.07) is 13.9. The molecule has 30 heavy (non-hydrogen) atoms. The largest absolute Gasteiger partial charge is 0.333 e. The van der Waals surface area contributed by atoms with Crippen LogP contribution in [0, 0.1) is 5.82 Å². The molecule has 2 heterocycles. The van der Waals surface area contributed by atoms with E-state index in [4.69, 9.17) is 0 Å². The molecule has 0 saturated heterocycles. The molecule has 0 radical (unpaired) electrons. The maximum atomic E-state index is 13.3. The highest BCUT2D eigenvalue weighted by molar-refractivity contribution is 6.04. The third kappa shape index (κ3) is 3.50. The Morgan fingerprint density at radius 2 is 2.00 bits per heavy atom. The van der Waals surface area contributed by atoms with Gasteiger partial charge in [-0.15, -0.1) is 0 Å². The number of aromatic nitrogens is 4. The summed E-state index contributed by atoms with van der Waals surface area (Å²) in [6.07, 6.45) is 8.05. The van der Waals surface area contributed by atoms with E-state index in [1.807, 2.05) is 35.0 Å². The Balaban J connectivity index is 1.41. The Bertz CT molecular complexity index is 1200. The van der Waals surface area contributed by atoms with Crippen molar-refractivity contribution in [2.75, 3.05) is 5.32 Å². The van der Waals surface area contributed by atoms with Gasteiger partial charge in [-0.3, -0.25) is 4.79 Å². The van der Waals surface area contributed by atoms with Gasteiger partial charge in [-0.1, -0.05) is 12.1 Å². The molecule has 0 saturated carbocycles.